The Morgan fingerprint density at radius 1 is 0.500 bits per heavy atom. The summed E-state index contributed by atoms with van der Waals surface area (Å²) in [6.45, 7) is 0. The molecule has 0 bridgehead atoms. The third kappa shape index (κ3) is 44.6. The molecular formula is Cu2N3Ta. The van der Waals surface area contributed by atoms with Crippen molar-refractivity contribution >= 4 is 0 Å². The fourth-order valence-electron chi connectivity index (χ4n) is 0. The minimum Gasteiger partial charge on any atom is -3.00 e. The van der Waals surface area contributed by atoms with E-state index in [2.05, 4.69) is 0 Å². The quantitative estimate of drug-likeness (QED) is 0.580. The zero-order valence-corrected chi connectivity index (χ0v) is 7.49. The van der Waals surface area contributed by atoms with Crippen LogP contribution in [0.15, 0.2) is 0 Å². The molecule has 0 aromatic carbocycles. The molecule has 0 aliphatic carbocycles. The van der Waals surface area contributed by atoms with Crippen molar-refractivity contribution in [1.82, 2.24) is 0 Å². The Bertz CT molecular complexity index is 8.75. The van der Waals surface area contributed by atoms with Gasteiger partial charge in [-0.3, -0.25) is 0 Å². The van der Waals surface area contributed by atoms with Crippen molar-refractivity contribution in [2.75, 3.05) is 0 Å². The van der Waals surface area contributed by atoms with Crippen LogP contribution < -0.4 is 0 Å². The fraction of sp³-hybridized carbons (Fsp3) is 0. The van der Waals surface area contributed by atoms with Gasteiger partial charge in [0.05, 0.1) is 0 Å². The third-order valence-corrected chi connectivity index (χ3v) is 0. The second kappa shape index (κ2) is 77.5. The smallest absolute Gasteiger partial charge is 3.00 e. The van der Waals surface area contributed by atoms with Gasteiger partial charge in [-0.05, 0) is 0 Å². The Morgan fingerprint density at radius 3 is 0.500 bits per heavy atom. The molecule has 42 valence electrons. The molecule has 0 aliphatic heterocycles. The molecule has 3 nitrogen and oxygen atoms in total. The molecule has 0 amide bonds. The van der Waals surface area contributed by atoms with E-state index in [-0.39, 0.29) is 75.0 Å². The van der Waals surface area contributed by atoms with Crippen molar-refractivity contribution in [3.05, 3.63) is 18.5 Å². The van der Waals surface area contributed by atoms with Crippen molar-refractivity contribution < 1.29 is 56.5 Å². The number of rotatable bonds is 0. The fourth-order valence-corrected chi connectivity index (χ4v) is 0. The van der Waals surface area contributed by atoms with E-state index in [0.717, 1.165) is 0 Å². The van der Waals surface area contributed by atoms with Gasteiger partial charge >= 0.3 is 56.5 Å². The summed E-state index contributed by atoms with van der Waals surface area (Å²) in [5, 5.41) is 0. The number of hydrogen-bond donors (Lipinski definition) is 0. The molecule has 0 fully saturated rings. The molecule has 0 atom stereocenters. The molecule has 0 saturated heterocycles. The van der Waals surface area contributed by atoms with E-state index in [4.69, 9.17) is 0 Å². The molecule has 0 unspecified atom stereocenters. The minimum absolute atomic E-state index is 0. The number of hydrogen-bond acceptors (Lipinski definition) is 0. The molecule has 0 spiro atoms. The first-order chi connectivity index (χ1) is 0. The van der Waals surface area contributed by atoms with Gasteiger partial charge in [-0.15, -0.1) is 0 Å². The Balaban J connectivity index is 0. The second-order valence-electron chi connectivity index (χ2n) is 0. The van der Waals surface area contributed by atoms with Crippen LogP contribution in [0, 0.1) is 0 Å². The van der Waals surface area contributed by atoms with Gasteiger partial charge in [0, 0.05) is 0 Å². The van der Waals surface area contributed by atoms with Crippen LogP contribution in [0.1, 0.15) is 0 Å². The summed E-state index contributed by atoms with van der Waals surface area (Å²) in [7, 11) is 0. The maximum Gasteiger partial charge on any atom is 5.00 e. The Hall–Kier alpha value is 1.66. The van der Waals surface area contributed by atoms with Crippen LogP contribution in [0.2, 0.25) is 0 Å². The first-order valence-electron chi connectivity index (χ1n) is 0. The summed E-state index contributed by atoms with van der Waals surface area (Å²) in [6, 6.07) is 0. The predicted molar refractivity (Wildman–Crippen MR) is 10.1 cm³/mol. The summed E-state index contributed by atoms with van der Waals surface area (Å²) in [5.41, 5.74) is 0. The van der Waals surface area contributed by atoms with E-state index >= 15 is 0 Å². The average Bonchev–Trinajstić information content (AvgIpc) is 0. The SMILES string of the molecule is [Cu+2].[Cu+2].[N-3].[N-3].[N-3].[Ta+5]. The van der Waals surface area contributed by atoms with E-state index < -0.39 is 0 Å². The molecule has 0 N–H and O–H groups in total. The number of nitrogens with zero attached hydrogens (tertiary/aromatic N) is 3. The minimum atomic E-state index is 0. The molecular weight excluding hydrogens is 350 g/mol. The van der Waals surface area contributed by atoms with E-state index in [9.17, 15) is 0 Å². The van der Waals surface area contributed by atoms with Crippen molar-refractivity contribution in [3.63, 3.8) is 0 Å². The van der Waals surface area contributed by atoms with Gasteiger partial charge in [0.2, 0.25) is 0 Å². The first kappa shape index (κ1) is 123. The Morgan fingerprint density at radius 2 is 0.500 bits per heavy atom. The van der Waals surface area contributed by atoms with E-state index in [1.807, 2.05) is 0 Å². The van der Waals surface area contributed by atoms with E-state index in [1.165, 1.54) is 0 Å². The summed E-state index contributed by atoms with van der Waals surface area (Å²) >= 11 is 0. The first-order valence-corrected chi connectivity index (χ1v) is 0. The zero-order chi connectivity index (χ0) is 0. The van der Waals surface area contributed by atoms with Crippen LogP contribution in [0.4, 0.5) is 0 Å². The van der Waals surface area contributed by atoms with Crippen LogP contribution in [0.25, 0.3) is 18.5 Å². The van der Waals surface area contributed by atoms with Crippen LogP contribution in [0.3, 0.4) is 0 Å². The molecule has 0 rings (SSSR count). The van der Waals surface area contributed by atoms with Crippen LogP contribution in [-0.4, -0.2) is 0 Å². The predicted octanol–water partition coefficient (Wildman–Crippen LogP) is 0.859. The van der Waals surface area contributed by atoms with Gasteiger partial charge < -0.3 is 18.5 Å². The monoisotopic (exact) mass is 349 g/mol. The van der Waals surface area contributed by atoms with Gasteiger partial charge in [-0.1, -0.05) is 0 Å². The van der Waals surface area contributed by atoms with Gasteiger partial charge in [0.15, 0.2) is 0 Å². The normalized spacial score (nSPS) is 0. The topological polar surface area (TPSA) is 91.5 Å². The van der Waals surface area contributed by atoms with Crippen molar-refractivity contribution in [1.29, 1.82) is 0 Å². The maximum absolute atomic E-state index is 0. The molecule has 2 radical (unpaired) electrons. The van der Waals surface area contributed by atoms with Gasteiger partial charge in [-0.25, -0.2) is 0 Å². The molecule has 0 aromatic rings. The van der Waals surface area contributed by atoms with Crippen LogP contribution in [-0.2, 0) is 56.5 Å². The summed E-state index contributed by atoms with van der Waals surface area (Å²) in [5.74, 6) is 0. The second-order valence-corrected chi connectivity index (χ2v) is 0. The molecule has 0 saturated carbocycles. The van der Waals surface area contributed by atoms with E-state index in [0.29, 0.717) is 0 Å². The largest absolute Gasteiger partial charge is 5.00 e. The Labute approximate surface area is 74.6 Å². The average molecular weight is 350 g/mol. The van der Waals surface area contributed by atoms with Gasteiger partial charge in [0.1, 0.15) is 0 Å². The maximum atomic E-state index is 0. The molecule has 0 heterocycles. The zero-order valence-electron chi connectivity index (χ0n) is 2.39. The molecule has 6 heteroatoms. The summed E-state index contributed by atoms with van der Waals surface area (Å²) in [4.78, 5) is 0. The van der Waals surface area contributed by atoms with Crippen molar-refractivity contribution in [2.45, 2.75) is 0 Å². The third-order valence-electron chi connectivity index (χ3n) is 0. The van der Waals surface area contributed by atoms with Crippen molar-refractivity contribution in [2.24, 2.45) is 0 Å². The van der Waals surface area contributed by atoms with E-state index in [1.54, 1.807) is 0 Å². The van der Waals surface area contributed by atoms with Crippen molar-refractivity contribution in [3.8, 4) is 0 Å². The van der Waals surface area contributed by atoms with Crippen LogP contribution >= 0.6 is 0 Å². The summed E-state index contributed by atoms with van der Waals surface area (Å²) in [6.07, 6.45) is 0. The molecule has 0 aliphatic rings. The van der Waals surface area contributed by atoms with Gasteiger partial charge in [0.25, 0.3) is 0 Å². The molecule has 6 heavy (non-hydrogen) atoms. The van der Waals surface area contributed by atoms with Gasteiger partial charge in [-0.2, -0.15) is 0 Å². The van der Waals surface area contributed by atoms with Crippen LogP contribution in [0.5, 0.6) is 0 Å². The summed E-state index contributed by atoms with van der Waals surface area (Å²) < 4.78 is 0. The molecule has 0 aromatic heterocycles. The standard InChI is InChI=1S/2Cu.3N.Ta/q2*+2;3*-3;+5. The Kier molecular flexibility index (Phi) is 1590.